The summed E-state index contributed by atoms with van der Waals surface area (Å²) in [7, 11) is 0. The van der Waals surface area contributed by atoms with Crippen molar-refractivity contribution >= 4 is 27.5 Å². The van der Waals surface area contributed by atoms with Gasteiger partial charge in [0.2, 0.25) is 0 Å². The monoisotopic (exact) mass is 364 g/mol. The summed E-state index contributed by atoms with van der Waals surface area (Å²) in [5, 5.41) is 13.8. The van der Waals surface area contributed by atoms with Gasteiger partial charge in [-0.3, -0.25) is 0 Å². The van der Waals surface area contributed by atoms with Gasteiger partial charge in [0.25, 0.3) is 0 Å². The first kappa shape index (κ1) is 18.9. The Morgan fingerprint density at radius 2 is 1.85 bits per heavy atom. The molecule has 0 aliphatic carbocycles. The predicted octanol–water partition coefficient (Wildman–Crippen LogP) is 4.41. The molecular formula is C23H24O4. The second-order valence-corrected chi connectivity index (χ2v) is 6.59. The van der Waals surface area contributed by atoms with Crippen LogP contribution in [0.1, 0.15) is 19.4 Å². The SMILES string of the molecule is C=C(C)C(=O)OC(CO)COc1c2ccccc2cc2c(CC)cccc12. The standard InChI is InChI=1S/C23H24O4/c1-4-16-9-7-11-20-21(16)12-17-8-5-6-10-19(17)22(20)26-14-18(13-24)27-23(25)15(2)3/h5-12,18,24H,2,4,13-14H2,1,3H3. The zero-order chi connectivity index (χ0) is 19.4. The van der Waals surface area contributed by atoms with Crippen molar-refractivity contribution in [2.75, 3.05) is 13.2 Å². The minimum Gasteiger partial charge on any atom is -0.488 e. The molecule has 3 aromatic carbocycles. The van der Waals surface area contributed by atoms with E-state index in [-0.39, 0.29) is 18.8 Å². The molecule has 0 aliphatic heterocycles. The first-order chi connectivity index (χ1) is 13.0. The number of carbonyl (C=O) groups is 1. The Kier molecular flexibility index (Phi) is 5.77. The predicted molar refractivity (Wildman–Crippen MR) is 108 cm³/mol. The molecule has 0 radical (unpaired) electrons. The van der Waals surface area contributed by atoms with Crippen LogP contribution in [0.4, 0.5) is 0 Å². The average Bonchev–Trinajstić information content (AvgIpc) is 2.69. The molecule has 0 saturated carbocycles. The number of aliphatic hydroxyl groups is 1. The topological polar surface area (TPSA) is 55.8 Å². The maximum Gasteiger partial charge on any atom is 0.333 e. The zero-order valence-corrected chi connectivity index (χ0v) is 15.7. The van der Waals surface area contributed by atoms with Gasteiger partial charge in [0.1, 0.15) is 12.4 Å². The number of carbonyl (C=O) groups excluding carboxylic acids is 1. The van der Waals surface area contributed by atoms with Crippen LogP contribution in [0.15, 0.2) is 60.7 Å². The molecule has 0 aromatic heterocycles. The van der Waals surface area contributed by atoms with Crippen LogP contribution < -0.4 is 4.74 Å². The maximum atomic E-state index is 11.7. The van der Waals surface area contributed by atoms with Gasteiger partial charge in [-0.05, 0) is 35.7 Å². The van der Waals surface area contributed by atoms with Crippen LogP contribution in [0, 0.1) is 0 Å². The number of hydrogen-bond acceptors (Lipinski definition) is 4. The third-order valence-electron chi connectivity index (χ3n) is 4.57. The van der Waals surface area contributed by atoms with Crippen molar-refractivity contribution in [3.05, 3.63) is 66.2 Å². The van der Waals surface area contributed by atoms with Crippen LogP contribution in [0.5, 0.6) is 5.75 Å². The fraction of sp³-hybridized carbons (Fsp3) is 0.261. The Hall–Kier alpha value is -2.85. The Bertz CT molecular complexity index is 990. The van der Waals surface area contributed by atoms with Gasteiger partial charge < -0.3 is 14.6 Å². The molecule has 0 fully saturated rings. The minimum atomic E-state index is -0.752. The van der Waals surface area contributed by atoms with Crippen LogP contribution in [0.25, 0.3) is 21.5 Å². The van der Waals surface area contributed by atoms with Crippen LogP contribution in [-0.4, -0.2) is 30.4 Å². The van der Waals surface area contributed by atoms with Gasteiger partial charge in [0.05, 0.1) is 6.61 Å². The second-order valence-electron chi connectivity index (χ2n) is 6.59. The van der Waals surface area contributed by atoms with Gasteiger partial charge in [-0.2, -0.15) is 0 Å². The van der Waals surface area contributed by atoms with E-state index in [4.69, 9.17) is 9.47 Å². The van der Waals surface area contributed by atoms with Gasteiger partial charge >= 0.3 is 5.97 Å². The van der Waals surface area contributed by atoms with Gasteiger partial charge in [-0.1, -0.05) is 56.0 Å². The largest absolute Gasteiger partial charge is 0.488 e. The van der Waals surface area contributed by atoms with E-state index < -0.39 is 12.1 Å². The summed E-state index contributed by atoms with van der Waals surface area (Å²) in [4.78, 5) is 11.7. The van der Waals surface area contributed by atoms with Crippen molar-refractivity contribution in [1.29, 1.82) is 0 Å². The van der Waals surface area contributed by atoms with Crippen LogP contribution in [-0.2, 0) is 16.0 Å². The van der Waals surface area contributed by atoms with Gasteiger partial charge in [-0.25, -0.2) is 4.79 Å². The molecule has 3 rings (SSSR count). The molecule has 0 saturated heterocycles. The molecule has 1 atom stereocenters. The van der Waals surface area contributed by atoms with E-state index in [1.54, 1.807) is 6.92 Å². The molecule has 0 spiro atoms. The number of esters is 1. The van der Waals surface area contributed by atoms with Crippen molar-refractivity contribution in [1.82, 2.24) is 0 Å². The number of ether oxygens (including phenoxy) is 2. The summed E-state index contributed by atoms with van der Waals surface area (Å²) >= 11 is 0. The first-order valence-electron chi connectivity index (χ1n) is 9.08. The third-order valence-corrected chi connectivity index (χ3v) is 4.57. The van der Waals surface area contributed by atoms with E-state index in [1.165, 1.54) is 5.56 Å². The van der Waals surface area contributed by atoms with E-state index in [0.717, 1.165) is 33.7 Å². The molecule has 4 nitrogen and oxygen atoms in total. The highest BCUT2D eigenvalue weighted by atomic mass is 16.6. The average molecular weight is 364 g/mol. The van der Waals surface area contributed by atoms with Gasteiger partial charge in [0, 0.05) is 16.3 Å². The number of benzene rings is 3. The Morgan fingerprint density at radius 1 is 1.11 bits per heavy atom. The number of hydrogen-bond donors (Lipinski definition) is 1. The van der Waals surface area contributed by atoms with Crippen molar-refractivity contribution in [3.63, 3.8) is 0 Å². The maximum absolute atomic E-state index is 11.7. The molecule has 0 aliphatic rings. The fourth-order valence-corrected chi connectivity index (χ4v) is 3.13. The Labute approximate surface area is 159 Å². The minimum absolute atomic E-state index is 0.0645. The number of aliphatic hydroxyl groups excluding tert-OH is 1. The van der Waals surface area contributed by atoms with E-state index >= 15 is 0 Å². The highest BCUT2D eigenvalue weighted by Crippen LogP contribution is 2.36. The molecular weight excluding hydrogens is 340 g/mol. The molecule has 3 aromatic rings. The highest BCUT2D eigenvalue weighted by Gasteiger charge is 2.17. The Morgan fingerprint density at radius 3 is 2.56 bits per heavy atom. The van der Waals surface area contributed by atoms with Gasteiger partial charge in [0.15, 0.2) is 6.10 Å². The van der Waals surface area contributed by atoms with E-state index in [1.807, 2.05) is 30.3 Å². The molecule has 0 bridgehead atoms. The van der Waals surface area contributed by atoms with E-state index in [9.17, 15) is 9.90 Å². The summed E-state index contributed by atoms with van der Waals surface area (Å²) in [6.45, 7) is 7.01. The van der Waals surface area contributed by atoms with E-state index in [2.05, 4.69) is 31.7 Å². The molecule has 140 valence electrons. The molecule has 1 N–H and O–H groups in total. The lowest BCUT2D eigenvalue weighted by atomic mass is 9.97. The van der Waals surface area contributed by atoms with Crippen molar-refractivity contribution in [2.45, 2.75) is 26.4 Å². The quantitative estimate of drug-likeness (QED) is 0.383. The van der Waals surface area contributed by atoms with E-state index in [0.29, 0.717) is 0 Å². The lowest BCUT2D eigenvalue weighted by Crippen LogP contribution is -2.28. The third kappa shape index (κ3) is 3.96. The number of fused-ring (bicyclic) bond motifs is 2. The lowest BCUT2D eigenvalue weighted by molar-refractivity contribution is -0.147. The summed E-state index contributed by atoms with van der Waals surface area (Å²) in [6.07, 6.45) is 0.169. The molecule has 0 amide bonds. The molecule has 0 heterocycles. The van der Waals surface area contributed by atoms with Crippen molar-refractivity contribution in [2.24, 2.45) is 0 Å². The van der Waals surface area contributed by atoms with Crippen LogP contribution >= 0.6 is 0 Å². The fourth-order valence-electron chi connectivity index (χ4n) is 3.13. The summed E-state index contributed by atoms with van der Waals surface area (Å²) in [6, 6.07) is 16.4. The molecule has 1 unspecified atom stereocenters. The smallest absolute Gasteiger partial charge is 0.333 e. The first-order valence-corrected chi connectivity index (χ1v) is 9.08. The highest BCUT2D eigenvalue weighted by molar-refractivity contribution is 6.06. The Balaban J connectivity index is 2.01. The van der Waals surface area contributed by atoms with Gasteiger partial charge in [-0.15, -0.1) is 0 Å². The normalized spacial score (nSPS) is 12.1. The zero-order valence-electron chi connectivity index (χ0n) is 15.7. The van der Waals surface area contributed by atoms with Crippen LogP contribution in [0.3, 0.4) is 0 Å². The van der Waals surface area contributed by atoms with Crippen molar-refractivity contribution in [3.8, 4) is 5.75 Å². The second kappa shape index (κ2) is 8.23. The summed E-state index contributed by atoms with van der Waals surface area (Å²) in [5.74, 6) is 0.205. The molecule has 4 heteroatoms. The van der Waals surface area contributed by atoms with Crippen molar-refractivity contribution < 1.29 is 19.4 Å². The molecule has 27 heavy (non-hydrogen) atoms. The van der Waals surface area contributed by atoms with Crippen LogP contribution in [0.2, 0.25) is 0 Å². The number of rotatable bonds is 7. The number of aryl methyl sites for hydroxylation is 1. The summed E-state index contributed by atoms with van der Waals surface area (Å²) in [5.41, 5.74) is 1.53. The lowest BCUT2D eigenvalue weighted by Gasteiger charge is -2.19. The summed E-state index contributed by atoms with van der Waals surface area (Å²) < 4.78 is 11.3.